The number of nitrogens with one attached hydrogen (secondary N) is 1. The Bertz CT molecular complexity index is 1960. The number of hydrogen-bond acceptors (Lipinski definition) is 9. The van der Waals surface area contributed by atoms with Gasteiger partial charge in [-0.25, -0.2) is 0 Å². The largest absolute Gasteiger partial charge is 0.492 e. The first-order valence-corrected chi connectivity index (χ1v) is 18.8. The van der Waals surface area contributed by atoms with E-state index in [0.717, 1.165) is 41.6 Å². The average molecular weight is 760 g/mol. The number of nitriles is 1. The van der Waals surface area contributed by atoms with Gasteiger partial charge in [-0.1, -0.05) is 60.0 Å². The summed E-state index contributed by atoms with van der Waals surface area (Å²) < 4.78 is 19.0. The highest BCUT2D eigenvalue weighted by Crippen LogP contribution is 2.45. The highest BCUT2D eigenvalue weighted by atomic mass is 35.5. The predicted molar refractivity (Wildman–Crippen MR) is 204 cm³/mol. The van der Waals surface area contributed by atoms with E-state index in [1.807, 2.05) is 24.3 Å². The topological polar surface area (TPSA) is 137 Å². The number of rotatable bonds is 16. The molecule has 10 nitrogen and oxygen atoms in total. The van der Waals surface area contributed by atoms with Crippen molar-refractivity contribution in [3.63, 3.8) is 0 Å². The zero-order valence-corrected chi connectivity index (χ0v) is 31.3. The second-order valence-corrected chi connectivity index (χ2v) is 14.5. The lowest BCUT2D eigenvalue weighted by Gasteiger charge is -2.26. The van der Waals surface area contributed by atoms with E-state index in [1.165, 1.54) is 45.5 Å². The van der Waals surface area contributed by atoms with Crippen LogP contribution in [0.25, 0.3) is 11.1 Å². The minimum Gasteiger partial charge on any atom is -0.492 e. The Kier molecular flexibility index (Phi) is 12.8. The van der Waals surface area contributed by atoms with Crippen LogP contribution in [-0.4, -0.2) is 64.5 Å². The van der Waals surface area contributed by atoms with Gasteiger partial charge in [0.05, 0.1) is 28.8 Å². The number of aliphatic hydroxyl groups is 1. The van der Waals surface area contributed by atoms with Crippen molar-refractivity contribution in [1.29, 1.82) is 5.26 Å². The maximum Gasteiger partial charge on any atom is 0.326 e. The SMILES string of the molecule is C[C@](CO)(NCc1cc(Cl)c(O[C@H]2CCc3c(-c4cccc(OCCCN5CCCCC5)c4Cl)cccc32)cc1OCc1cncc(C#N)c1)C(=O)O. The van der Waals surface area contributed by atoms with Crippen molar-refractivity contribution >= 4 is 29.2 Å². The number of carboxylic acids is 1. The second-order valence-electron chi connectivity index (χ2n) is 13.8. The summed E-state index contributed by atoms with van der Waals surface area (Å²) in [5.41, 5.74) is 4.18. The molecule has 1 aliphatic carbocycles. The zero-order valence-electron chi connectivity index (χ0n) is 29.7. The fourth-order valence-corrected chi connectivity index (χ4v) is 7.36. The third kappa shape index (κ3) is 9.23. The Hall–Kier alpha value is -4.37. The molecule has 0 saturated carbocycles. The fraction of sp³-hybridized carbons (Fsp3) is 0.390. The van der Waals surface area contributed by atoms with Crippen LogP contribution in [0.5, 0.6) is 17.2 Å². The molecule has 278 valence electrons. The van der Waals surface area contributed by atoms with Crippen LogP contribution in [0.4, 0.5) is 0 Å². The van der Waals surface area contributed by atoms with Crippen molar-refractivity contribution in [2.75, 3.05) is 32.8 Å². The van der Waals surface area contributed by atoms with Crippen molar-refractivity contribution in [1.82, 2.24) is 15.2 Å². The van der Waals surface area contributed by atoms with E-state index in [0.29, 0.717) is 57.0 Å². The van der Waals surface area contributed by atoms with Gasteiger partial charge in [0.15, 0.2) is 0 Å². The van der Waals surface area contributed by atoms with Crippen molar-refractivity contribution in [2.45, 2.75) is 70.2 Å². The van der Waals surface area contributed by atoms with Gasteiger partial charge >= 0.3 is 5.97 Å². The third-order valence-electron chi connectivity index (χ3n) is 9.95. The molecule has 3 aromatic carbocycles. The van der Waals surface area contributed by atoms with Gasteiger partial charge in [0.25, 0.3) is 0 Å². The Labute approximate surface area is 320 Å². The lowest BCUT2D eigenvalue weighted by Crippen LogP contribution is -2.52. The first-order valence-electron chi connectivity index (χ1n) is 18.0. The van der Waals surface area contributed by atoms with Crippen LogP contribution >= 0.6 is 23.2 Å². The smallest absolute Gasteiger partial charge is 0.326 e. The summed E-state index contributed by atoms with van der Waals surface area (Å²) in [6.45, 7) is 4.87. The Balaban J connectivity index is 1.21. The number of aliphatic hydroxyl groups excluding tert-OH is 1. The van der Waals surface area contributed by atoms with Crippen molar-refractivity contribution in [3.05, 3.63) is 105 Å². The van der Waals surface area contributed by atoms with Crippen molar-refractivity contribution in [3.8, 4) is 34.4 Å². The summed E-state index contributed by atoms with van der Waals surface area (Å²) in [6, 6.07) is 19.2. The summed E-state index contributed by atoms with van der Waals surface area (Å²) in [7, 11) is 0. The molecule has 2 atom stereocenters. The summed E-state index contributed by atoms with van der Waals surface area (Å²) in [4.78, 5) is 18.5. The number of piperidine rings is 1. The van der Waals surface area contributed by atoms with Gasteiger partial charge in [0, 0.05) is 48.2 Å². The molecule has 0 bridgehead atoms. The molecule has 1 fully saturated rings. The number of hydrogen-bond donors (Lipinski definition) is 3. The molecule has 1 saturated heterocycles. The first kappa shape index (κ1) is 38.4. The maximum absolute atomic E-state index is 11.8. The molecule has 1 aromatic heterocycles. The highest BCUT2D eigenvalue weighted by Gasteiger charge is 2.33. The van der Waals surface area contributed by atoms with E-state index >= 15 is 0 Å². The number of carboxylic acid groups (broad SMARTS) is 1. The number of fused-ring (bicyclic) bond motifs is 1. The Morgan fingerprint density at radius 3 is 2.60 bits per heavy atom. The van der Waals surface area contributed by atoms with E-state index < -0.39 is 18.1 Å². The lowest BCUT2D eigenvalue weighted by molar-refractivity contribution is -0.145. The molecule has 4 aromatic rings. The molecule has 6 rings (SSSR count). The van der Waals surface area contributed by atoms with E-state index in [2.05, 4.69) is 33.4 Å². The quantitative estimate of drug-likeness (QED) is 0.0973. The number of aromatic nitrogens is 1. The van der Waals surface area contributed by atoms with E-state index in [4.69, 9.17) is 37.4 Å². The number of carbonyl (C=O) groups is 1. The molecule has 0 radical (unpaired) electrons. The first-order chi connectivity index (χ1) is 25.7. The van der Waals surface area contributed by atoms with Gasteiger partial charge in [-0.15, -0.1) is 0 Å². The van der Waals surface area contributed by atoms with Crippen LogP contribution in [0.15, 0.2) is 67.0 Å². The van der Waals surface area contributed by atoms with Gasteiger partial charge in [-0.2, -0.15) is 5.26 Å². The summed E-state index contributed by atoms with van der Waals surface area (Å²) in [6.07, 6.45) is 9.08. The van der Waals surface area contributed by atoms with Crippen molar-refractivity contribution < 1.29 is 29.2 Å². The normalized spacial score (nSPS) is 16.7. The molecule has 0 spiro atoms. The summed E-state index contributed by atoms with van der Waals surface area (Å²) in [5, 5.41) is 32.6. The lowest BCUT2D eigenvalue weighted by atomic mass is 9.96. The molecule has 53 heavy (non-hydrogen) atoms. The number of likely N-dealkylation sites (tertiary alicyclic amines) is 1. The molecule has 1 aliphatic heterocycles. The van der Waals surface area contributed by atoms with Crippen molar-refractivity contribution in [2.24, 2.45) is 0 Å². The van der Waals surface area contributed by atoms with Crippen LogP contribution in [0.2, 0.25) is 10.0 Å². The van der Waals surface area contributed by atoms with Gasteiger partial charge in [0.2, 0.25) is 0 Å². The molecule has 2 aliphatic rings. The van der Waals surface area contributed by atoms with E-state index in [9.17, 15) is 20.3 Å². The van der Waals surface area contributed by atoms with E-state index in [-0.39, 0.29) is 19.3 Å². The van der Waals surface area contributed by atoms with Crippen LogP contribution < -0.4 is 19.5 Å². The molecular formula is C41H44Cl2N4O6. The third-order valence-corrected chi connectivity index (χ3v) is 10.6. The standard InChI is InChI=1S/C41H44Cl2N4O6/c1-41(26-48,40(49)50)46-24-29-19-34(42)38(20-37(29)52-25-28-18-27(21-44)22-45-23-28)53-35-13-12-31-30(8-5-9-32(31)35)33-10-6-11-36(39(33)43)51-17-7-16-47-14-3-2-4-15-47/h5-6,8-11,18-20,22-23,35,46,48H,2-4,7,12-17,24-26H2,1H3,(H,49,50)/t35-,41+/m0/s1. The highest BCUT2D eigenvalue weighted by molar-refractivity contribution is 6.35. The number of nitrogens with zero attached hydrogens (tertiary/aromatic N) is 3. The molecule has 12 heteroatoms. The monoisotopic (exact) mass is 758 g/mol. The van der Waals surface area contributed by atoms with Crippen LogP contribution in [0.3, 0.4) is 0 Å². The molecule has 0 amide bonds. The summed E-state index contributed by atoms with van der Waals surface area (Å²) >= 11 is 13.8. The minimum atomic E-state index is -1.59. The molecule has 2 heterocycles. The average Bonchev–Trinajstić information content (AvgIpc) is 3.59. The van der Waals surface area contributed by atoms with E-state index in [1.54, 1.807) is 24.4 Å². The van der Waals surface area contributed by atoms with Crippen LogP contribution in [0.1, 0.15) is 72.9 Å². The van der Waals surface area contributed by atoms with Gasteiger partial charge in [0.1, 0.15) is 41.6 Å². The zero-order chi connectivity index (χ0) is 37.4. The number of benzene rings is 3. The van der Waals surface area contributed by atoms with Crippen LogP contribution in [0, 0.1) is 11.3 Å². The minimum absolute atomic E-state index is 0.0345. The number of pyridine rings is 1. The summed E-state index contributed by atoms with van der Waals surface area (Å²) in [5.74, 6) is 0.281. The van der Waals surface area contributed by atoms with Crippen LogP contribution in [-0.2, 0) is 24.4 Å². The molecular weight excluding hydrogens is 715 g/mol. The Morgan fingerprint density at radius 2 is 1.83 bits per heavy atom. The number of ether oxygens (including phenoxy) is 3. The molecule has 3 N–H and O–H groups in total. The van der Waals surface area contributed by atoms with Gasteiger partial charge in [-0.3, -0.25) is 15.1 Å². The fourth-order valence-electron chi connectivity index (χ4n) is 6.84. The van der Waals surface area contributed by atoms with Gasteiger partial charge < -0.3 is 29.3 Å². The Morgan fingerprint density at radius 1 is 1.04 bits per heavy atom. The molecule has 0 unspecified atom stereocenters. The maximum atomic E-state index is 11.8. The number of halogens is 2. The number of aliphatic carboxylic acids is 1. The van der Waals surface area contributed by atoms with Gasteiger partial charge in [-0.05, 0) is 87.0 Å². The predicted octanol–water partition coefficient (Wildman–Crippen LogP) is 7.75. The second kappa shape index (κ2) is 17.6.